The predicted molar refractivity (Wildman–Crippen MR) is 83.0 cm³/mol. The lowest BCUT2D eigenvalue weighted by Gasteiger charge is -2.15. The zero-order valence-electron chi connectivity index (χ0n) is 12.4. The number of unbranched alkanes of at least 4 members (excludes halogenated alkanes) is 1. The Balaban J connectivity index is 1.29. The summed E-state index contributed by atoms with van der Waals surface area (Å²) >= 11 is 1.97. The number of nitrogens with one attached hydrogen (secondary N) is 3. The molecule has 3 atom stereocenters. The van der Waals surface area contributed by atoms with Crippen molar-refractivity contribution < 1.29 is 9.59 Å². The van der Waals surface area contributed by atoms with E-state index in [0.29, 0.717) is 36.6 Å². The quantitative estimate of drug-likeness (QED) is 0.638. The Labute approximate surface area is 133 Å². The summed E-state index contributed by atoms with van der Waals surface area (Å²) in [5.41, 5.74) is 0.736. The SMILES string of the molecule is O=C(CCCC[C@@H]1SC[C@@H]2NC(=O)C[C@@H]21)NCc1cn[nH]n1. The first-order chi connectivity index (χ1) is 10.7. The molecule has 3 rings (SSSR count). The molecule has 1 aromatic heterocycles. The molecule has 0 bridgehead atoms. The van der Waals surface area contributed by atoms with Gasteiger partial charge in [0.2, 0.25) is 11.8 Å². The Morgan fingerprint density at radius 1 is 1.45 bits per heavy atom. The third-order valence-corrected chi connectivity index (χ3v) is 5.89. The monoisotopic (exact) mass is 323 g/mol. The molecule has 2 amide bonds. The molecule has 0 spiro atoms. The molecule has 8 heteroatoms. The molecule has 2 aliphatic heterocycles. The smallest absolute Gasteiger partial charge is 0.220 e. The van der Waals surface area contributed by atoms with Crippen molar-refractivity contribution in [1.29, 1.82) is 0 Å². The van der Waals surface area contributed by atoms with E-state index >= 15 is 0 Å². The van der Waals surface area contributed by atoms with Gasteiger partial charge >= 0.3 is 0 Å². The minimum atomic E-state index is 0.0534. The zero-order valence-corrected chi connectivity index (χ0v) is 13.2. The van der Waals surface area contributed by atoms with Crippen LogP contribution >= 0.6 is 11.8 Å². The number of rotatable bonds is 7. The third kappa shape index (κ3) is 3.79. The first-order valence-electron chi connectivity index (χ1n) is 7.74. The van der Waals surface area contributed by atoms with Crippen LogP contribution in [0.3, 0.4) is 0 Å². The predicted octanol–water partition coefficient (Wildman–Crippen LogP) is 0.601. The molecular formula is C14H21N5O2S. The summed E-state index contributed by atoms with van der Waals surface area (Å²) in [6.45, 7) is 0.422. The zero-order chi connectivity index (χ0) is 15.4. The third-order valence-electron chi connectivity index (χ3n) is 4.33. The van der Waals surface area contributed by atoms with Crippen molar-refractivity contribution in [3.63, 3.8) is 0 Å². The summed E-state index contributed by atoms with van der Waals surface area (Å²) in [5, 5.41) is 16.5. The van der Waals surface area contributed by atoms with E-state index in [0.717, 1.165) is 30.7 Å². The average molecular weight is 323 g/mol. The van der Waals surface area contributed by atoms with Gasteiger partial charge in [0.05, 0.1) is 12.7 Å². The van der Waals surface area contributed by atoms with Crippen molar-refractivity contribution in [2.24, 2.45) is 5.92 Å². The number of thioether (sulfide) groups is 1. The van der Waals surface area contributed by atoms with E-state index in [9.17, 15) is 9.59 Å². The normalized spacial score (nSPS) is 26.7. The maximum atomic E-state index is 11.7. The van der Waals surface area contributed by atoms with Crippen molar-refractivity contribution in [2.45, 2.75) is 49.9 Å². The molecule has 120 valence electrons. The van der Waals surface area contributed by atoms with E-state index < -0.39 is 0 Å². The van der Waals surface area contributed by atoms with Crippen LogP contribution in [0.15, 0.2) is 6.20 Å². The van der Waals surface area contributed by atoms with Crippen LogP contribution < -0.4 is 10.6 Å². The summed E-state index contributed by atoms with van der Waals surface area (Å²) in [5.74, 6) is 1.79. The fourth-order valence-electron chi connectivity index (χ4n) is 3.15. The van der Waals surface area contributed by atoms with Crippen LogP contribution in [0, 0.1) is 5.92 Å². The van der Waals surface area contributed by atoms with Crippen LogP contribution in [0.5, 0.6) is 0 Å². The molecule has 1 aromatic rings. The highest BCUT2D eigenvalue weighted by atomic mass is 32.2. The van der Waals surface area contributed by atoms with Gasteiger partial charge in [0.25, 0.3) is 0 Å². The number of hydrogen-bond donors (Lipinski definition) is 3. The standard InChI is InChI=1S/C14H21N5O2S/c20-13(15-6-9-7-16-19-18-9)4-2-1-3-12-10-5-14(21)17-11(10)8-22-12/h7,10-12H,1-6,8H2,(H,15,20)(H,17,21)(H,16,18,19)/t10-,11-,12-/m0/s1. The number of fused-ring (bicyclic) bond motifs is 1. The highest BCUT2D eigenvalue weighted by Gasteiger charge is 2.42. The topological polar surface area (TPSA) is 99.8 Å². The molecule has 0 unspecified atom stereocenters. The van der Waals surface area contributed by atoms with Crippen molar-refractivity contribution >= 4 is 23.6 Å². The molecule has 0 aromatic carbocycles. The summed E-state index contributed by atoms with van der Waals surface area (Å²) in [4.78, 5) is 23.1. The van der Waals surface area contributed by atoms with Crippen LogP contribution in [0.4, 0.5) is 0 Å². The molecule has 3 heterocycles. The summed E-state index contributed by atoms with van der Waals surface area (Å²) in [6.07, 6.45) is 5.84. The lowest BCUT2D eigenvalue weighted by Crippen LogP contribution is -2.29. The Kier molecular flexibility index (Phi) is 4.97. The first kappa shape index (κ1) is 15.3. The number of nitrogens with zero attached hydrogens (tertiary/aromatic N) is 2. The molecule has 0 saturated carbocycles. The maximum Gasteiger partial charge on any atom is 0.220 e. The number of H-pyrrole nitrogens is 1. The number of hydrogen-bond acceptors (Lipinski definition) is 5. The van der Waals surface area contributed by atoms with Gasteiger partial charge < -0.3 is 10.6 Å². The molecule has 7 nitrogen and oxygen atoms in total. The molecule has 2 saturated heterocycles. The molecule has 2 aliphatic rings. The molecule has 2 fully saturated rings. The Hall–Kier alpha value is -1.57. The van der Waals surface area contributed by atoms with Crippen LogP contribution in [-0.4, -0.2) is 44.3 Å². The van der Waals surface area contributed by atoms with Crippen LogP contribution in [0.25, 0.3) is 0 Å². The summed E-state index contributed by atoms with van der Waals surface area (Å²) in [7, 11) is 0. The first-order valence-corrected chi connectivity index (χ1v) is 8.79. The highest BCUT2D eigenvalue weighted by Crippen LogP contribution is 2.40. The fraction of sp³-hybridized carbons (Fsp3) is 0.714. The molecule has 3 N–H and O–H groups in total. The van der Waals surface area contributed by atoms with Gasteiger partial charge in [-0.2, -0.15) is 27.2 Å². The van der Waals surface area contributed by atoms with E-state index in [1.807, 2.05) is 11.8 Å². The molecule has 22 heavy (non-hydrogen) atoms. The van der Waals surface area contributed by atoms with E-state index in [2.05, 4.69) is 26.0 Å². The van der Waals surface area contributed by atoms with Gasteiger partial charge in [-0.15, -0.1) is 0 Å². The summed E-state index contributed by atoms with van der Waals surface area (Å²) < 4.78 is 0. The van der Waals surface area contributed by atoms with Crippen molar-refractivity contribution in [3.8, 4) is 0 Å². The van der Waals surface area contributed by atoms with Crippen molar-refractivity contribution in [1.82, 2.24) is 26.0 Å². The van der Waals surface area contributed by atoms with Crippen LogP contribution in [0.1, 0.15) is 37.8 Å². The largest absolute Gasteiger partial charge is 0.352 e. The van der Waals surface area contributed by atoms with E-state index in [-0.39, 0.29) is 11.8 Å². The lowest BCUT2D eigenvalue weighted by atomic mass is 9.94. The Morgan fingerprint density at radius 2 is 2.36 bits per heavy atom. The van der Waals surface area contributed by atoms with Gasteiger partial charge in [0.1, 0.15) is 5.69 Å². The second-order valence-electron chi connectivity index (χ2n) is 5.90. The Bertz CT molecular complexity index is 521. The summed E-state index contributed by atoms with van der Waals surface area (Å²) in [6, 6.07) is 0.383. The van der Waals surface area contributed by atoms with Gasteiger partial charge in [-0.3, -0.25) is 9.59 Å². The van der Waals surface area contributed by atoms with Gasteiger partial charge in [-0.25, -0.2) is 0 Å². The number of aromatic amines is 1. The lowest BCUT2D eigenvalue weighted by molar-refractivity contribution is -0.121. The number of carbonyl (C=O) groups excluding carboxylic acids is 2. The van der Waals surface area contributed by atoms with E-state index in [1.54, 1.807) is 6.20 Å². The second kappa shape index (κ2) is 7.13. The van der Waals surface area contributed by atoms with Gasteiger partial charge in [0, 0.05) is 35.8 Å². The molecular weight excluding hydrogens is 302 g/mol. The Morgan fingerprint density at radius 3 is 3.18 bits per heavy atom. The minimum Gasteiger partial charge on any atom is -0.352 e. The fourth-order valence-corrected chi connectivity index (χ4v) is 4.80. The number of amides is 2. The second-order valence-corrected chi connectivity index (χ2v) is 7.17. The minimum absolute atomic E-state index is 0.0534. The van der Waals surface area contributed by atoms with Crippen LogP contribution in [-0.2, 0) is 16.1 Å². The van der Waals surface area contributed by atoms with Crippen molar-refractivity contribution in [3.05, 3.63) is 11.9 Å². The number of carbonyl (C=O) groups is 2. The molecule has 0 radical (unpaired) electrons. The van der Waals surface area contributed by atoms with Gasteiger partial charge in [-0.1, -0.05) is 6.42 Å². The van der Waals surface area contributed by atoms with Gasteiger partial charge in [-0.05, 0) is 12.8 Å². The van der Waals surface area contributed by atoms with E-state index in [4.69, 9.17) is 0 Å². The number of aromatic nitrogens is 3. The van der Waals surface area contributed by atoms with E-state index in [1.165, 1.54) is 0 Å². The average Bonchev–Trinajstić information content (AvgIpc) is 3.19. The maximum absolute atomic E-state index is 11.7. The molecule has 0 aliphatic carbocycles. The van der Waals surface area contributed by atoms with Crippen LogP contribution in [0.2, 0.25) is 0 Å². The van der Waals surface area contributed by atoms with Gasteiger partial charge in [0.15, 0.2) is 0 Å². The highest BCUT2D eigenvalue weighted by molar-refractivity contribution is 8.00. The van der Waals surface area contributed by atoms with Crippen molar-refractivity contribution in [2.75, 3.05) is 5.75 Å².